The SMILES string of the molecule is Cc1ccc(O)cc1C(=O)Nc1cnc2c(c1)CNCC2. The summed E-state index contributed by atoms with van der Waals surface area (Å²) in [4.78, 5) is 16.7. The van der Waals surface area contributed by atoms with Crippen molar-refractivity contribution in [3.63, 3.8) is 0 Å². The van der Waals surface area contributed by atoms with Crippen LogP contribution in [0, 0.1) is 6.92 Å². The maximum absolute atomic E-state index is 12.3. The van der Waals surface area contributed by atoms with E-state index in [-0.39, 0.29) is 11.7 Å². The van der Waals surface area contributed by atoms with Crippen molar-refractivity contribution in [3.8, 4) is 5.75 Å². The number of phenolic OH excluding ortho intramolecular Hbond substituents is 1. The van der Waals surface area contributed by atoms with Crippen LogP contribution in [0.4, 0.5) is 5.69 Å². The van der Waals surface area contributed by atoms with Gasteiger partial charge in [-0.1, -0.05) is 6.07 Å². The predicted octanol–water partition coefficient (Wildman–Crippen LogP) is 1.99. The van der Waals surface area contributed by atoms with E-state index in [9.17, 15) is 9.90 Å². The highest BCUT2D eigenvalue weighted by Crippen LogP contribution is 2.20. The first-order valence-corrected chi connectivity index (χ1v) is 6.93. The van der Waals surface area contributed by atoms with Crippen molar-refractivity contribution in [2.45, 2.75) is 19.9 Å². The molecular weight excluding hydrogens is 266 g/mol. The van der Waals surface area contributed by atoms with Gasteiger partial charge >= 0.3 is 0 Å². The number of anilines is 1. The lowest BCUT2D eigenvalue weighted by molar-refractivity contribution is 0.102. The molecule has 2 aromatic rings. The van der Waals surface area contributed by atoms with E-state index >= 15 is 0 Å². The summed E-state index contributed by atoms with van der Waals surface area (Å²) in [7, 11) is 0. The van der Waals surface area contributed by atoms with Crippen LogP contribution in [0.3, 0.4) is 0 Å². The Balaban J connectivity index is 1.83. The largest absolute Gasteiger partial charge is 0.508 e. The van der Waals surface area contributed by atoms with Gasteiger partial charge in [0, 0.05) is 30.8 Å². The Morgan fingerprint density at radius 2 is 2.24 bits per heavy atom. The zero-order valence-electron chi connectivity index (χ0n) is 11.8. The van der Waals surface area contributed by atoms with Crippen LogP contribution < -0.4 is 10.6 Å². The van der Waals surface area contributed by atoms with Crippen molar-refractivity contribution in [1.82, 2.24) is 10.3 Å². The van der Waals surface area contributed by atoms with Gasteiger partial charge in [0.25, 0.3) is 5.91 Å². The zero-order valence-corrected chi connectivity index (χ0v) is 11.8. The second-order valence-electron chi connectivity index (χ2n) is 5.21. The van der Waals surface area contributed by atoms with Gasteiger partial charge in [0.2, 0.25) is 0 Å². The van der Waals surface area contributed by atoms with Crippen LogP contribution in [0.1, 0.15) is 27.2 Å². The molecule has 0 saturated carbocycles. The zero-order chi connectivity index (χ0) is 14.8. The molecule has 1 amide bonds. The number of rotatable bonds is 2. The lowest BCUT2D eigenvalue weighted by Gasteiger charge is -2.17. The quantitative estimate of drug-likeness (QED) is 0.788. The Hall–Kier alpha value is -2.40. The first-order valence-electron chi connectivity index (χ1n) is 6.93. The van der Waals surface area contributed by atoms with Gasteiger partial charge in [0.15, 0.2) is 0 Å². The van der Waals surface area contributed by atoms with Gasteiger partial charge in [-0.05, 0) is 36.2 Å². The number of hydrogen-bond acceptors (Lipinski definition) is 4. The van der Waals surface area contributed by atoms with E-state index in [1.165, 1.54) is 6.07 Å². The fourth-order valence-corrected chi connectivity index (χ4v) is 2.47. The van der Waals surface area contributed by atoms with Gasteiger partial charge in [-0.3, -0.25) is 9.78 Å². The molecule has 0 atom stereocenters. The Labute approximate surface area is 123 Å². The lowest BCUT2D eigenvalue weighted by Crippen LogP contribution is -2.25. The molecule has 3 N–H and O–H groups in total. The number of aryl methyl sites for hydroxylation is 1. The normalized spacial score (nSPS) is 13.6. The van der Waals surface area contributed by atoms with Gasteiger partial charge in [0.05, 0.1) is 11.9 Å². The number of phenols is 1. The molecule has 1 aliphatic rings. The molecule has 0 unspecified atom stereocenters. The van der Waals surface area contributed by atoms with E-state index in [1.807, 2.05) is 13.0 Å². The molecule has 0 aliphatic carbocycles. The van der Waals surface area contributed by atoms with Gasteiger partial charge < -0.3 is 15.7 Å². The van der Waals surface area contributed by atoms with Crippen LogP contribution in [-0.2, 0) is 13.0 Å². The van der Waals surface area contributed by atoms with E-state index in [4.69, 9.17) is 0 Å². The van der Waals surface area contributed by atoms with Crippen LogP contribution in [0.5, 0.6) is 5.75 Å². The fourth-order valence-electron chi connectivity index (χ4n) is 2.47. The highest BCUT2D eigenvalue weighted by Gasteiger charge is 2.13. The number of aromatic hydroxyl groups is 1. The molecule has 0 radical (unpaired) electrons. The molecule has 21 heavy (non-hydrogen) atoms. The van der Waals surface area contributed by atoms with Gasteiger partial charge in [-0.15, -0.1) is 0 Å². The summed E-state index contributed by atoms with van der Waals surface area (Å²) in [6.45, 7) is 3.55. The maximum atomic E-state index is 12.3. The van der Waals surface area contributed by atoms with Crippen LogP contribution in [-0.4, -0.2) is 22.5 Å². The molecule has 108 valence electrons. The van der Waals surface area contributed by atoms with E-state index in [0.29, 0.717) is 11.3 Å². The maximum Gasteiger partial charge on any atom is 0.256 e. The van der Waals surface area contributed by atoms with Crippen LogP contribution in [0.15, 0.2) is 30.5 Å². The second kappa shape index (κ2) is 5.54. The van der Waals surface area contributed by atoms with E-state index in [1.54, 1.807) is 18.3 Å². The summed E-state index contributed by atoms with van der Waals surface area (Å²) in [6.07, 6.45) is 2.59. The standard InChI is InChI=1S/C16H17N3O2/c1-10-2-3-13(20)7-14(10)16(21)19-12-6-11-8-17-5-4-15(11)18-9-12/h2-3,6-7,9,17,20H,4-5,8H2,1H3,(H,19,21). The van der Waals surface area contributed by atoms with Crippen LogP contribution in [0.2, 0.25) is 0 Å². The number of aromatic nitrogens is 1. The molecule has 5 nitrogen and oxygen atoms in total. The number of hydrogen-bond donors (Lipinski definition) is 3. The minimum atomic E-state index is -0.242. The summed E-state index contributed by atoms with van der Waals surface area (Å²) in [5, 5.41) is 15.6. The molecule has 5 heteroatoms. The average Bonchev–Trinajstić information content (AvgIpc) is 2.49. The lowest BCUT2D eigenvalue weighted by atomic mass is 10.1. The number of nitrogens with one attached hydrogen (secondary N) is 2. The Morgan fingerprint density at radius 1 is 1.38 bits per heavy atom. The van der Waals surface area contributed by atoms with Crippen molar-refractivity contribution in [2.24, 2.45) is 0 Å². The summed E-state index contributed by atoms with van der Waals surface area (Å²) in [5.74, 6) is -0.160. The number of fused-ring (bicyclic) bond motifs is 1. The highest BCUT2D eigenvalue weighted by molar-refractivity contribution is 6.05. The molecule has 3 rings (SSSR count). The van der Waals surface area contributed by atoms with Gasteiger partial charge in [0.1, 0.15) is 5.75 Å². The minimum Gasteiger partial charge on any atom is -0.508 e. The van der Waals surface area contributed by atoms with Crippen molar-refractivity contribution in [3.05, 3.63) is 52.8 Å². The third kappa shape index (κ3) is 2.87. The fraction of sp³-hybridized carbons (Fsp3) is 0.250. The summed E-state index contributed by atoms with van der Waals surface area (Å²) >= 11 is 0. The Morgan fingerprint density at radius 3 is 3.10 bits per heavy atom. The van der Waals surface area contributed by atoms with E-state index < -0.39 is 0 Å². The van der Waals surface area contributed by atoms with Gasteiger partial charge in [-0.25, -0.2) is 0 Å². The van der Waals surface area contributed by atoms with Crippen molar-refractivity contribution < 1.29 is 9.90 Å². The summed E-state index contributed by atoms with van der Waals surface area (Å²) in [5.41, 5.74) is 4.15. The number of benzene rings is 1. The molecule has 1 aromatic heterocycles. The number of nitrogens with zero attached hydrogens (tertiary/aromatic N) is 1. The summed E-state index contributed by atoms with van der Waals surface area (Å²) in [6, 6.07) is 6.71. The van der Waals surface area contributed by atoms with Crippen molar-refractivity contribution in [2.75, 3.05) is 11.9 Å². The van der Waals surface area contributed by atoms with E-state index in [0.717, 1.165) is 36.3 Å². The topological polar surface area (TPSA) is 74.2 Å². The van der Waals surface area contributed by atoms with Crippen LogP contribution in [0.25, 0.3) is 0 Å². The van der Waals surface area contributed by atoms with Crippen molar-refractivity contribution >= 4 is 11.6 Å². The molecular formula is C16H17N3O2. The number of amides is 1. The monoisotopic (exact) mass is 283 g/mol. The van der Waals surface area contributed by atoms with Crippen LogP contribution >= 0.6 is 0 Å². The molecule has 1 aromatic carbocycles. The number of pyridine rings is 1. The average molecular weight is 283 g/mol. The molecule has 0 saturated heterocycles. The van der Waals surface area contributed by atoms with Gasteiger partial charge in [-0.2, -0.15) is 0 Å². The van der Waals surface area contributed by atoms with E-state index in [2.05, 4.69) is 15.6 Å². The molecule has 2 heterocycles. The molecule has 0 spiro atoms. The second-order valence-corrected chi connectivity index (χ2v) is 5.21. The minimum absolute atomic E-state index is 0.0820. The molecule has 0 fully saturated rings. The van der Waals surface area contributed by atoms with Crippen molar-refractivity contribution in [1.29, 1.82) is 0 Å². The third-order valence-electron chi connectivity index (χ3n) is 3.64. The highest BCUT2D eigenvalue weighted by atomic mass is 16.3. The number of carbonyl (C=O) groups excluding carboxylic acids is 1. The predicted molar refractivity (Wildman–Crippen MR) is 80.4 cm³/mol. The molecule has 0 bridgehead atoms. The number of carbonyl (C=O) groups is 1. The first kappa shape index (κ1) is 13.6. The summed E-state index contributed by atoms with van der Waals surface area (Å²) < 4.78 is 0. The third-order valence-corrected chi connectivity index (χ3v) is 3.64. The Bertz CT molecular complexity index is 698. The Kier molecular flexibility index (Phi) is 3.58. The smallest absolute Gasteiger partial charge is 0.256 e. The molecule has 1 aliphatic heterocycles. The first-order chi connectivity index (χ1) is 10.1.